The van der Waals surface area contributed by atoms with Gasteiger partial charge in [0.15, 0.2) is 0 Å². The zero-order valence-corrected chi connectivity index (χ0v) is 14.5. The molecule has 1 aliphatic carbocycles. The van der Waals surface area contributed by atoms with Gasteiger partial charge in [0.2, 0.25) is 0 Å². The van der Waals surface area contributed by atoms with Crippen molar-refractivity contribution in [3.63, 3.8) is 0 Å². The number of alkyl halides is 1. The van der Waals surface area contributed by atoms with Crippen molar-refractivity contribution in [2.24, 2.45) is 0 Å². The highest BCUT2D eigenvalue weighted by Crippen LogP contribution is 2.29. The van der Waals surface area contributed by atoms with E-state index in [0.717, 1.165) is 16.4 Å². The normalized spacial score (nSPS) is 23.1. The number of hydrogen-bond donors (Lipinski definition) is 1. The van der Waals surface area contributed by atoms with Crippen LogP contribution in [0, 0.1) is 3.57 Å². The molecular formula is C14H17BrINO2. The van der Waals surface area contributed by atoms with Crippen LogP contribution in [0.4, 0.5) is 0 Å². The number of rotatable bonds is 2. The smallest absolute Gasteiger partial charge is 0.254 e. The zero-order chi connectivity index (χ0) is 14.0. The van der Waals surface area contributed by atoms with Gasteiger partial charge in [0.05, 0.1) is 3.57 Å². The SMILES string of the molecule is CN(C(=O)c1ccc(I)c(O)c1)C1CCCCC1Br. The molecule has 1 aliphatic rings. The molecule has 5 heteroatoms. The predicted octanol–water partition coefficient (Wildman–Crippen LogP) is 3.77. The van der Waals surface area contributed by atoms with Crippen molar-refractivity contribution in [2.45, 2.75) is 36.6 Å². The summed E-state index contributed by atoms with van der Waals surface area (Å²) in [6.07, 6.45) is 4.54. The predicted molar refractivity (Wildman–Crippen MR) is 87.9 cm³/mol. The molecular weight excluding hydrogens is 421 g/mol. The highest BCUT2D eigenvalue weighted by molar-refractivity contribution is 14.1. The second kappa shape index (κ2) is 6.43. The van der Waals surface area contributed by atoms with Crippen molar-refractivity contribution in [3.05, 3.63) is 27.3 Å². The van der Waals surface area contributed by atoms with E-state index in [9.17, 15) is 9.90 Å². The second-order valence-electron chi connectivity index (χ2n) is 4.95. The van der Waals surface area contributed by atoms with E-state index in [2.05, 4.69) is 15.9 Å². The van der Waals surface area contributed by atoms with E-state index in [-0.39, 0.29) is 17.7 Å². The third-order valence-corrected chi connectivity index (χ3v) is 5.64. The zero-order valence-electron chi connectivity index (χ0n) is 10.8. The van der Waals surface area contributed by atoms with Gasteiger partial charge in [-0.3, -0.25) is 4.79 Å². The van der Waals surface area contributed by atoms with Crippen LogP contribution in [0.1, 0.15) is 36.0 Å². The van der Waals surface area contributed by atoms with Crippen LogP contribution in [0.25, 0.3) is 0 Å². The Balaban J connectivity index is 2.15. The van der Waals surface area contributed by atoms with Crippen molar-refractivity contribution < 1.29 is 9.90 Å². The highest BCUT2D eigenvalue weighted by atomic mass is 127. The van der Waals surface area contributed by atoms with Crippen molar-refractivity contribution in [1.29, 1.82) is 0 Å². The summed E-state index contributed by atoms with van der Waals surface area (Å²) in [6.45, 7) is 0. The first-order valence-corrected chi connectivity index (χ1v) is 8.40. The molecule has 1 amide bonds. The van der Waals surface area contributed by atoms with Crippen LogP contribution in [0.5, 0.6) is 5.75 Å². The maximum Gasteiger partial charge on any atom is 0.254 e. The molecule has 1 saturated carbocycles. The maximum absolute atomic E-state index is 12.4. The fourth-order valence-electron chi connectivity index (χ4n) is 2.50. The van der Waals surface area contributed by atoms with Gasteiger partial charge in [-0.25, -0.2) is 0 Å². The summed E-state index contributed by atoms with van der Waals surface area (Å²) in [5, 5.41) is 9.71. The number of hydrogen-bond acceptors (Lipinski definition) is 2. The maximum atomic E-state index is 12.4. The Morgan fingerprint density at radius 3 is 2.74 bits per heavy atom. The number of phenols is 1. The summed E-state index contributed by atoms with van der Waals surface area (Å²) < 4.78 is 0.757. The highest BCUT2D eigenvalue weighted by Gasteiger charge is 2.29. The summed E-state index contributed by atoms with van der Waals surface area (Å²) >= 11 is 5.72. The third-order valence-electron chi connectivity index (χ3n) is 3.66. The molecule has 1 N–H and O–H groups in total. The number of nitrogens with zero attached hydrogens (tertiary/aromatic N) is 1. The fraction of sp³-hybridized carbons (Fsp3) is 0.500. The molecule has 0 aromatic heterocycles. The van der Waals surface area contributed by atoms with Gasteiger partial charge in [-0.2, -0.15) is 0 Å². The molecule has 0 bridgehead atoms. The first-order valence-electron chi connectivity index (χ1n) is 6.40. The van der Waals surface area contributed by atoms with Crippen LogP contribution < -0.4 is 0 Å². The minimum Gasteiger partial charge on any atom is -0.507 e. The van der Waals surface area contributed by atoms with Crippen LogP contribution >= 0.6 is 38.5 Å². The quantitative estimate of drug-likeness (QED) is 0.565. The van der Waals surface area contributed by atoms with E-state index >= 15 is 0 Å². The standard InChI is InChI=1S/C14H17BrINO2/c1-17(12-5-3-2-4-10(12)15)14(19)9-6-7-11(16)13(18)8-9/h6-8,10,12,18H,2-5H2,1H3. The average molecular weight is 438 g/mol. The Morgan fingerprint density at radius 2 is 2.11 bits per heavy atom. The Morgan fingerprint density at radius 1 is 1.42 bits per heavy atom. The summed E-state index contributed by atoms with van der Waals surface area (Å²) in [7, 11) is 1.85. The summed E-state index contributed by atoms with van der Waals surface area (Å²) in [6, 6.07) is 5.32. The van der Waals surface area contributed by atoms with Crippen LogP contribution in [0.2, 0.25) is 0 Å². The largest absolute Gasteiger partial charge is 0.507 e. The minimum absolute atomic E-state index is 0.0250. The van der Waals surface area contributed by atoms with Gasteiger partial charge in [0.25, 0.3) is 5.91 Å². The summed E-state index contributed by atoms with van der Waals surface area (Å²) in [5.41, 5.74) is 0.547. The Hall–Kier alpha value is -0.300. The molecule has 0 aliphatic heterocycles. The molecule has 2 unspecified atom stereocenters. The first-order chi connectivity index (χ1) is 9.00. The Kier molecular flexibility index (Phi) is 5.11. The minimum atomic E-state index is -0.0250. The molecule has 0 radical (unpaired) electrons. The lowest BCUT2D eigenvalue weighted by Gasteiger charge is -2.35. The molecule has 1 aromatic carbocycles. The molecule has 104 valence electrons. The molecule has 2 atom stereocenters. The lowest BCUT2D eigenvalue weighted by Crippen LogP contribution is -2.44. The van der Waals surface area contributed by atoms with Crippen LogP contribution in [-0.2, 0) is 0 Å². The summed E-state index contributed by atoms with van der Waals surface area (Å²) in [5.74, 6) is 0.141. The molecule has 2 rings (SSSR count). The van der Waals surface area contributed by atoms with Crippen molar-refractivity contribution in [2.75, 3.05) is 7.05 Å². The Labute approximate surface area is 135 Å². The van der Waals surface area contributed by atoms with E-state index in [0.29, 0.717) is 10.4 Å². The van der Waals surface area contributed by atoms with E-state index < -0.39 is 0 Å². The van der Waals surface area contributed by atoms with Crippen LogP contribution in [0.15, 0.2) is 18.2 Å². The van der Waals surface area contributed by atoms with Gasteiger partial charge in [-0.1, -0.05) is 28.8 Å². The first kappa shape index (κ1) is 15.1. The molecule has 1 aromatic rings. The van der Waals surface area contributed by atoms with E-state index in [1.807, 2.05) is 29.6 Å². The van der Waals surface area contributed by atoms with E-state index in [1.54, 1.807) is 23.1 Å². The number of carbonyl (C=O) groups is 1. The topological polar surface area (TPSA) is 40.5 Å². The molecule has 1 fully saturated rings. The molecule has 0 spiro atoms. The number of halogens is 2. The summed E-state index contributed by atoms with van der Waals surface area (Å²) in [4.78, 5) is 14.6. The van der Waals surface area contributed by atoms with Crippen molar-refractivity contribution >= 4 is 44.4 Å². The van der Waals surface area contributed by atoms with Gasteiger partial charge in [-0.05, 0) is 53.6 Å². The fourth-order valence-corrected chi connectivity index (χ4v) is 3.78. The number of amides is 1. The molecule has 0 saturated heterocycles. The van der Waals surface area contributed by atoms with Gasteiger partial charge < -0.3 is 10.0 Å². The lowest BCUT2D eigenvalue weighted by atomic mass is 9.94. The van der Waals surface area contributed by atoms with Gasteiger partial charge in [-0.15, -0.1) is 0 Å². The van der Waals surface area contributed by atoms with Gasteiger partial charge in [0.1, 0.15) is 5.75 Å². The third kappa shape index (κ3) is 3.42. The number of benzene rings is 1. The number of phenolic OH excluding ortho intramolecular Hbond substituents is 1. The van der Waals surface area contributed by atoms with Crippen molar-refractivity contribution in [1.82, 2.24) is 4.90 Å². The molecule has 3 nitrogen and oxygen atoms in total. The van der Waals surface area contributed by atoms with Crippen LogP contribution in [-0.4, -0.2) is 33.8 Å². The molecule has 0 heterocycles. The number of aromatic hydroxyl groups is 1. The van der Waals surface area contributed by atoms with Crippen LogP contribution in [0.3, 0.4) is 0 Å². The van der Waals surface area contributed by atoms with E-state index in [1.165, 1.54) is 12.8 Å². The van der Waals surface area contributed by atoms with Gasteiger partial charge in [0, 0.05) is 23.5 Å². The average Bonchev–Trinajstić information content (AvgIpc) is 2.41. The second-order valence-corrected chi connectivity index (χ2v) is 7.29. The van der Waals surface area contributed by atoms with E-state index in [4.69, 9.17) is 0 Å². The lowest BCUT2D eigenvalue weighted by molar-refractivity contribution is 0.0704. The monoisotopic (exact) mass is 437 g/mol. The van der Waals surface area contributed by atoms with Gasteiger partial charge >= 0.3 is 0 Å². The molecule has 19 heavy (non-hydrogen) atoms. The number of carbonyl (C=O) groups excluding carboxylic acids is 1. The Bertz CT molecular complexity index is 481. The van der Waals surface area contributed by atoms with Crippen molar-refractivity contribution in [3.8, 4) is 5.75 Å².